The van der Waals surface area contributed by atoms with Crippen LogP contribution < -0.4 is 0 Å². The maximum Gasteiger partial charge on any atom is 0.222 e. The third kappa shape index (κ3) is 3.66. The first-order valence-electron chi connectivity index (χ1n) is 10.4. The van der Waals surface area contributed by atoms with Gasteiger partial charge in [0.1, 0.15) is 0 Å². The first-order chi connectivity index (χ1) is 11.5. The van der Waals surface area contributed by atoms with Gasteiger partial charge in [-0.25, -0.2) is 0 Å². The minimum atomic E-state index is 0.421. The molecule has 0 aromatic heterocycles. The van der Waals surface area contributed by atoms with E-state index in [2.05, 4.69) is 30.8 Å². The summed E-state index contributed by atoms with van der Waals surface area (Å²) in [5.41, 5.74) is 0.867. The zero-order valence-corrected chi connectivity index (χ0v) is 16.3. The molecule has 138 valence electrons. The number of likely N-dealkylation sites (tertiary alicyclic amines) is 1. The van der Waals surface area contributed by atoms with Crippen LogP contribution in [0.5, 0.6) is 0 Å². The lowest BCUT2D eigenvalue weighted by atomic mass is 9.65. The third-order valence-corrected chi connectivity index (χ3v) is 7.66. The molecule has 0 radical (unpaired) electrons. The van der Waals surface area contributed by atoms with E-state index < -0.39 is 0 Å². The molecule has 3 nitrogen and oxygen atoms in total. The van der Waals surface area contributed by atoms with Crippen molar-refractivity contribution in [2.24, 2.45) is 11.3 Å². The van der Waals surface area contributed by atoms with Crippen LogP contribution >= 0.6 is 0 Å². The Hall–Kier alpha value is -0.570. The molecule has 3 aliphatic rings. The topological polar surface area (TPSA) is 23.6 Å². The summed E-state index contributed by atoms with van der Waals surface area (Å²) in [6.07, 6.45) is 15.3. The smallest absolute Gasteiger partial charge is 0.222 e. The van der Waals surface area contributed by atoms with Crippen LogP contribution in [0.3, 0.4) is 0 Å². The molecule has 0 unspecified atom stereocenters. The van der Waals surface area contributed by atoms with Crippen molar-refractivity contribution in [3.05, 3.63) is 0 Å². The maximum atomic E-state index is 12.6. The van der Waals surface area contributed by atoms with Gasteiger partial charge >= 0.3 is 0 Å². The fourth-order valence-corrected chi connectivity index (χ4v) is 5.30. The third-order valence-electron chi connectivity index (χ3n) is 7.66. The summed E-state index contributed by atoms with van der Waals surface area (Å²) in [7, 11) is 4.55. The Bertz CT molecular complexity index is 433. The molecule has 1 amide bonds. The highest BCUT2D eigenvalue weighted by atomic mass is 16.2. The van der Waals surface area contributed by atoms with Crippen LogP contribution in [-0.4, -0.2) is 48.4 Å². The number of rotatable bonds is 6. The molecule has 0 bridgehead atoms. The Balaban J connectivity index is 1.54. The average Bonchev–Trinajstić information content (AvgIpc) is 2.95. The summed E-state index contributed by atoms with van der Waals surface area (Å²) >= 11 is 0. The second-order valence-electron chi connectivity index (χ2n) is 9.29. The molecule has 0 atom stereocenters. The van der Waals surface area contributed by atoms with Crippen molar-refractivity contribution < 1.29 is 4.79 Å². The van der Waals surface area contributed by atoms with Gasteiger partial charge in [0.05, 0.1) is 0 Å². The Kier molecular flexibility index (Phi) is 5.58. The molecular weight excluding hydrogens is 296 g/mol. The predicted octanol–water partition coefficient (Wildman–Crippen LogP) is 4.46. The summed E-state index contributed by atoms with van der Waals surface area (Å²) in [4.78, 5) is 17.3. The van der Waals surface area contributed by atoms with E-state index in [0.717, 1.165) is 19.5 Å². The van der Waals surface area contributed by atoms with Crippen molar-refractivity contribution in [1.82, 2.24) is 9.80 Å². The summed E-state index contributed by atoms with van der Waals surface area (Å²) in [6, 6.07) is 0. The van der Waals surface area contributed by atoms with E-state index >= 15 is 0 Å². The second kappa shape index (κ2) is 7.35. The van der Waals surface area contributed by atoms with E-state index in [4.69, 9.17) is 0 Å². The Morgan fingerprint density at radius 3 is 2.38 bits per heavy atom. The lowest BCUT2D eigenvalue weighted by molar-refractivity contribution is -0.132. The van der Waals surface area contributed by atoms with Crippen molar-refractivity contribution in [2.45, 2.75) is 89.5 Å². The highest BCUT2D eigenvalue weighted by Gasteiger charge is 2.47. The summed E-state index contributed by atoms with van der Waals surface area (Å²) in [5, 5.41) is 0. The van der Waals surface area contributed by atoms with E-state index in [9.17, 15) is 4.79 Å². The zero-order chi connectivity index (χ0) is 17.2. The first-order valence-corrected chi connectivity index (χ1v) is 10.4. The fourth-order valence-electron chi connectivity index (χ4n) is 5.30. The van der Waals surface area contributed by atoms with Crippen LogP contribution in [0, 0.1) is 11.3 Å². The lowest BCUT2D eigenvalue weighted by Crippen LogP contribution is -2.49. The molecular formula is C21H38N2O. The fraction of sp³-hybridized carbons (Fsp3) is 0.952. The van der Waals surface area contributed by atoms with E-state index in [1.165, 1.54) is 70.6 Å². The van der Waals surface area contributed by atoms with Crippen molar-refractivity contribution in [1.29, 1.82) is 0 Å². The van der Waals surface area contributed by atoms with Crippen molar-refractivity contribution in [3.8, 4) is 0 Å². The van der Waals surface area contributed by atoms with Gasteiger partial charge in [0.2, 0.25) is 5.91 Å². The highest BCUT2D eigenvalue weighted by molar-refractivity contribution is 5.77. The van der Waals surface area contributed by atoms with Gasteiger partial charge in [-0.1, -0.05) is 26.2 Å². The van der Waals surface area contributed by atoms with Gasteiger partial charge in [-0.05, 0) is 76.8 Å². The number of nitrogens with zero attached hydrogens (tertiary/aromatic N) is 2. The first kappa shape index (κ1) is 18.2. The molecule has 1 spiro atoms. The van der Waals surface area contributed by atoms with Crippen LogP contribution in [0.15, 0.2) is 0 Å². The Morgan fingerprint density at radius 2 is 1.83 bits per heavy atom. The summed E-state index contributed by atoms with van der Waals surface area (Å²) < 4.78 is 0. The maximum absolute atomic E-state index is 12.6. The molecule has 3 heteroatoms. The monoisotopic (exact) mass is 334 g/mol. The molecule has 1 saturated heterocycles. The number of hydrogen-bond acceptors (Lipinski definition) is 2. The largest absolute Gasteiger partial charge is 0.342 e. The molecule has 1 aliphatic heterocycles. The Morgan fingerprint density at radius 1 is 1.12 bits per heavy atom. The number of carbonyl (C=O) groups excluding carboxylic acids is 1. The van der Waals surface area contributed by atoms with E-state index in [-0.39, 0.29) is 0 Å². The lowest BCUT2D eigenvalue weighted by Gasteiger charge is -2.49. The summed E-state index contributed by atoms with van der Waals surface area (Å²) in [6.45, 7) is 4.38. The van der Waals surface area contributed by atoms with Crippen LogP contribution in [-0.2, 0) is 4.79 Å². The molecule has 2 saturated carbocycles. The Labute approximate surface area is 149 Å². The quantitative estimate of drug-likeness (QED) is 0.716. The number of hydrogen-bond donors (Lipinski definition) is 0. The summed E-state index contributed by atoms with van der Waals surface area (Å²) in [5.74, 6) is 1.16. The van der Waals surface area contributed by atoms with Gasteiger partial charge in [0, 0.05) is 25.0 Å². The second-order valence-corrected chi connectivity index (χ2v) is 9.29. The molecule has 24 heavy (non-hydrogen) atoms. The van der Waals surface area contributed by atoms with E-state index in [0.29, 0.717) is 22.8 Å². The minimum Gasteiger partial charge on any atom is -0.342 e. The van der Waals surface area contributed by atoms with Crippen molar-refractivity contribution in [2.75, 3.05) is 27.2 Å². The van der Waals surface area contributed by atoms with Gasteiger partial charge in [-0.15, -0.1) is 0 Å². The molecule has 0 N–H and O–H groups in total. The molecule has 1 heterocycles. The molecule has 2 aliphatic carbocycles. The van der Waals surface area contributed by atoms with E-state index in [1.54, 1.807) is 0 Å². The molecule has 3 rings (SSSR count). The van der Waals surface area contributed by atoms with Crippen molar-refractivity contribution in [3.63, 3.8) is 0 Å². The number of amides is 1. The van der Waals surface area contributed by atoms with Gasteiger partial charge < -0.3 is 9.80 Å². The zero-order valence-electron chi connectivity index (χ0n) is 16.3. The van der Waals surface area contributed by atoms with Crippen LogP contribution in [0.4, 0.5) is 0 Å². The van der Waals surface area contributed by atoms with Crippen LogP contribution in [0.25, 0.3) is 0 Å². The standard InChI is InChI=1S/C21H38N2O/c1-4-5-9-21(22(2)3)12-10-20(11-13-21)14-15-23(17-20)19(24)16-18-7-6-8-18/h18H,4-17H2,1-3H3. The van der Waals surface area contributed by atoms with Gasteiger partial charge in [0.15, 0.2) is 0 Å². The molecule has 0 aromatic carbocycles. The SMILES string of the molecule is CCCCC1(N(C)C)CCC2(CCN(C(=O)CC3CCC3)C2)CC1. The van der Waals surface area contributed by atoms with Crippen LogP contribution in [0.1, 0.15) is 84.0 Å². The normalized spacial score (nSPS) is 34.1. The minimum absolute atomic E-state index is 0.421. The van der Waals surface area contributed by atoms with Crippen molar-refractivity contribution >= 4 is 5.91 Å². The van der Waals surface area contributed by atoms with Gasteiger partial charge in [-0.2, -0.15) is 0 Å². The average molecular weight is 335 g/mol. The number of unbranched alkanes of at least 4 members (excludes halogenated alkanes) is 1. The van der Waals surface area contributed by atoms with Crippen LogP contribution in [0.2, 0.25) is 0 Å². The number of carbonyl (C=O) groups is 1. The van der Waals surface area contributed by atoms with Gasteiger partial charge in [0.25, 0.3) is 0 Å². The molecule has 3 fully saturated rings. The van der Waals surface area contributed by atoms with E-state index in [1.807, 2.05) is 0 Å². The highest BCUT2D eigenvalue weighted by Crippen LogP contribution is 2.49. The molecule has 0 aromatic rings. The predicted molar refractivity (Wildman–Crippen MR) is 100.0 cm³/mol. The van der Waals surface area contributed by atoms with Gasteiger partial charge in [-0.3, -0.25) is 4.79 Å².